The van der Waals surface area contributed by atoms with Gasteiger partial charge in [0.25, 0.3) is 0 Å². The monoisotopic (exact) mass is 257 g/mol. The van der Waals surface area contributed by atoms with Crippen LogP contribution in [0.4, 0.5) is 0 Å². The van der Waals surface area contributed by atoms with Crippen LogP contribution >= 0.6 is 0 Å². The number of hydrogen-bond acceptors (Lipinski definition) is 3. The number of hydrogen-bond donors (Lipinski definition) is 1. The van der Waals surface area contributed by atoms with Gasteiger partial charge in [0.2, 0.25) is 0 Å². The average Bonchev–Trinajstić information content (AvgIpc) is 2.46. The zero-order valence-electron chi connectivity index (χ0n) is 11.3. The van der Waals surface area contributed by atoms with E-state index in [2.05, 4.69) is 6.07 Å². The van der Waals surface area contributed by atoms with Gasteiger partial charge in [0, 0.05) is 6.54 Å². The van der Waals surface area contributed by atoms with Gasteiger partial charge in [0.15, 0.2) is 0 Å². The Balaban J connectivity index is 2.01. The standard InChI is InChI=1S/C16H19NO2/c1-12-9-14(10-17)5-8-16(12)19-11-13-3-6-15(18-2)7-4-13/h3-9H,10-11,17H2,1-2H3. The predicted octanol–water partition coefficient (Wildman–Crippen LogP) is 3.04. The topological polar surface area (TPSA) is 44.5 Å². The first kappa shape index (κ1) is 13.4. The van der Waals surface area contributed by atoms with Crippen LogP contribution in [0.15, 0.2) is 42.5 Å². The Hall–Kier alpha value is -2.00. The highest BCUT2D eigenvalue weighted by Crippen LogP contribution is 2.21. The van der Waals surface area contributed by atoms with E-state index >= 15 is 0 Å². The normalized spacial score (nSPS) is 10.3. The Morgan fingerprint density at radius 1 is 1.00 bits per heavy atom. The maximum atomic E-state index is 5.81. The van der Waals surface area contributed by atoms with Crippen LogP contribution in [0.2, 0.25) is 0 Å². The van der Waals surface area contributed by atoms with E-state index < -0.39 is 0 Å². The second-order valence-corrected chi connectivity index (χ2v) is 4.44. The van der Waals surface area contributed by atoms with Gasteiger partial charge in [-0.05, 0) is 41.8 Å². The average molecular weight is 257 g/mol. The van der Waals surface area contributed by atoms with Gasteiger partial charge in [-0.25, -0.2) is 0 Å². The Bertz CT molecular complexity index is 535. The molecule has 0 aromatic heterocycles. The lowest BCUT2D eigenvalue weighted by molar-refractivity contribution is 0.304. The molecule has 0 aliphatic rings. The Labute approximate surface area is 114 Å². The lowest BCUT2D eigenvalue weighted by atomic mass is 10.1. The number of methoxy groups -OCH3 is 1. The highest BCUT2D eigenvalue weighted by Gasteiger charge is 2.01. The van der Waals surface area contributed by atoms with Crippen LogP contribution in [0.25, 0.3) is 0 Å². The fourth-order valence-corrected chi connectivity index (χ4v) is 1.88. The molecule has 0 atom stereocenters. The molecule has 0 aliphatic carbocycles. The lowest BCUT2D eigenvalue weighted by Crippen LogP contribution is -2.00. The van der Waals surface area contributed by atoms with Gasteiger partial charge in [0.1, 0.15) is 18.1 Å². The summed E-state index contributed by atoms with van der Waals surface area (Å²) in [5, 5.41) is 0. The lowest BCUT2D eigenvalue weighted by Gasteiger charge is -2.10. The van der Waals surface area contributed by atoms with Crippen molar-refractivity contribution in [1.29, 1.82) is 0 Å². The second-order valence-electron chi connectivity index (χ2n) is 4.44. The smallest absolute Gasteiger partial charge is 0.122 e. The first-order valence-electron chi connectivity index (χ1n) is 6.28. The van der Waals surface area contributed by atoms with Crippen LogP contribution < -0.4 is 15.2 Å². The highest BCUT2D eigenvalue weighted by atomic mass is 16.5. The third-order valence-electron chi connectivity index (χ3n) is 3.03. The number of ether oxygens (including phenoxy) is 2. The summed E-state index contributed by atoms with van der Waals surface area (Å²) in [7, 11) is 1.66. The molecule has 0 spiro atoms. The first-order chi connectivity index (χ1) is 9.22. The van der Waals surface area contributed by atoms with Crippen molar-refractivity contribution >= 4 is 0 Å². The fraction of sp³-hybridized carbons (Fsp3) is 0.250. The molecule has 0 aliphatic heterocycles. The molecule has 3 heteroatoms. The molecule has 0 bridgehead atoms. The van der Waals surface area contributed by atoms with Gasteiger partial charge in [-0.2, -0.15) is 0 Å². The molecule has 3 nitrogen and oxygen atoms in total. The third kappa shape index (κ3) is 3.48. The Morgan fingerprint density at radius 2 is 1.68 bits per heavy atom. The van der Waals surface area contributed by atoms with Gasteiger partial charge in [-0.15, -0.1) is 0 Å². The van der Waals surface area contributed by atoms with Crippen molar-refractivity contribution in [2.45, 2.75) is 20.1 Å². The minimum Gasteiger partial charge on any atom is -0.497 e. The molecule has 2 N–H and O–H groups in total. The van der Waals surface area contributed by atoms with E-state index in [1.807, 2.05) is 43.3 Å². The van der Waals surface area contributed by atoms with E-state index in [1.165, 1.54) is 0 Å². The molecule has 19 heavy (non-hydrogen) atoms. The molecule has 0 fully saturated rings. The summed E-state index contributed by atoms with van der Waals surface area (Å²) in [6.07, 6.45) is 0. The highest BCUT2D eigenvalue weighted by molar-refractivity contribution is 5.36. The van der Waals surface area contributed by atoms with E-state index in [1.54, 1.807) is 7.11 Å². The van der Waals surface area contributed by atoms with Gasteiger partial charge < -0.3 is 15.2 Å². The van der Waals surface area contributed by atoms with Crippen molar-refractivity contribution in [3.8, 4) is 11.5 Å². The molecule has 0 unspecified atom stereocenters. The van der Waals surface area contributed by atoms with Crippen molar-refractivity contribution in [1.82, 2.24) is 0 Å². The van der Waals surface area contributed by atoms with Crippen molar-refractivity contribution in [2.75, 3.05) is 7.11 Å². The predicted molar refractivity (Wildman–Crippen MR) is 76.4 cm³/mol. The summed E-state index contributed by atoms with van der Waals surface area (Å²) in [4.78, 5) is 0. The van der Waals surface area contributed by atoms with Crippen LogP contribution in [-0.2, 0) is 13.2 Å². The Kier molecular flexibility index (Phi) is 4.42. The summed E-state index contributed by atoms with van der Waals surface area (Å²) in [5.41, 5.74) is 8.95. The summed E-state index contributed by atoms with van der Waals surface area (Å²) in [6.45, 7) is 3.13. The van der Waals surface area contributed by atoms with Crippen molar-refractivity contribution in [2.24, 2.45) is 5.73 Å². The summed E-state index contributed by atoms with van der Waals surface area (Å²) in [5.74, 6) is 1.75. The number of nitrogens with two attached hydrogens (primary N) is 1. The summed E-state index contributed by atoms with van der Waals surface area (Å²) < 4.78 is 10.9. The first-order valence-corrected chi connectivity index (χ1v) is 6.28. The maximum absolute atomic E-state index is 5.81. The molecule has 2 aromatic carbocycles. The second kappa shape index (κ2) is 6.25. The van der Waals surface area contributed by atoms with E-state index in [9.17, 15) is 0 Å². The van der Waals surface area contributed by atoms with E-state index in [4.69, 9.17) is 15.2 Å². The Morgan fingerprint density at radius 3 is 2.26 bits per heavy atom. The van der Waals surface area contributed by atoms with Crippen LogP contribution in [0.5, 0.6) is 11.5 Å². The van der Waals surface area contributed by atoms with Gasteiger partial charge in [-0.1, -0.05) is 24.3 Å². The summed E-state index contributed by atoms with van der Waals surface area (Å²) >= 11 is 0. The molecular formula is C16H19NO2. The molecule has 2 rings (SSSR count). The van der Waals surface area contributed by atoms with Crippen molar-refractivity contribution in [3.05, 3.63) is 59.2 Å². The van der Waals surface area contributed by atoms with Crippen LogP contribution in [0, 0.1) is 6.92 Å². The fourth-order valence-electron chi connectivity index (χ4n) is 1.88. The number of aryl methyl sites for hydroxylation is 1. The molecule has 100 valence electrons. The summed E-state index contributed by atoms with van der Waals surface area (Å²) in [6, 6.07) is 13.9. The van der Waals surface area contributed by atoms with Crippen LogP contribution in [0.3, 0.4) is 0 Å². The third-order valence-corrected chi connectivity index (χ3v) is 3.03. The molecule has 0 radical (unpaired) electrons. The molecule has 0 saturated heterocycles. The van der Waals surface area contributed by atoms with Gasteiger partial charge >= 0.3 is 0 Å². The van der Waals surface area contributed by atoms with Crippen molar-refractivity contribution in [3.63, 3.8) is 0 Å². The SMILES string of the molecule is COc1ccc(COc2ccc(CN)cc2C)cc1. The molecule has 0 heterocycles. The van der Waals surface area contributed by atoms with E-state index in [-0.39, 0.29) is 0 Å². The maximum Gasteiger partial charge on any atom is 0.122 e. The number of rotatable bonds is 5. The molecular weight excluding hydrogens is 238 g/mol. The number of benzene rings is 2. The van der Waals surface area contributed by atoms with Gasteiger partial charge in [-0.3, -0.25) is 0 Å². The minimum absolute atomic E-state index is 0.548. The zero-order valence-corrected chi connectivity index (χ0v) is 11.3. The largest absolute Gasteiger partial charge is 0.497 e. The zero-order chi connectivity index (χ0) is 13.7. The quantitative estimate of drug-likeness (QED) is 0.895. The van der Waals surface area contributed by atoms with Crippen LogP contribution in [-0.4, -0.2) is 7.11 Å². The van der Waals surface area contributed by atoms with Crippen molar-refractivity contribution < 1.29 is 9.47 Å². The minimum atomic E-state index is 0.548. The molecule has 0 amide bonds. The van der Waals surface area contributed by atoms with Gasteiger partial charge in [0.05, 0.1) is 7.11 Å². The van der Waals surface area contributed by atoms with E-state index in [0.29, 0.717) is 13.2 Å². The van der Waals surface area contributed by atoms with Crippen LogP contribution in [0.1, 0.15) is 16.7 Å². The molecule has 0 saturated carbocycles. The molecule has 2 aromatic rings. The van der Waals surface area contributed by atoms with E-state index in [0.717, 1.165) is 28.2 Å².